The lowest BCUT2D eigenvalue weighted by Gasteiger charge is -2.50. The second-order valence-electron chi connectivity index (χ2n) is 6.31. The standard InChI is InChI=1S/C16H24N4/c1-4-20-15-8-6-5-7-13(15)14(18-20)9-19-10-16(17,11-19)12(2)3/h5-8,12H,4,9-11,17H2,1-3H3. The monoisotopic (exact) mass is 272 g/mol. The van der Waals surface area contributed by atoms with Crippen LogP contribution >= 0.6 is 0 Å². The Morgan fingerprint density at radius 2 is 2.00 bits per heavy atom. The Labute approximate surface area is 120 Å². The summed E-state index contributed by atoms with van der Waals surface area (Å²) in [4.78, 5) is 2.40. The van der Waals surface area contributed by atoms with Gasteiger partial charge in [-0.1, -0.05) is 32.0 Å². The Bertz CT molecular complexity index is 608. The van der Waals surface area contributed by atoms with E-state index >= 15 is 0 Å². The van der Waals surface area contributed by atoms with E-state index in [0.29, 0.717) is 5.92 Å². The molecule has 0 bridgehead atoms. The molecule has 1 aliphatic heterocycles. The zero-order chi connectivity index (χ0) is 14.3. The molecule has 0 radical (unpaired) electrons. The van der Waals surface area contributed by atoms with Gasteiger partial charge in [-0.2, -0.15) is 5.10 Å². The fourth-order valence-electron chi connectivity index (χ4n) is 3.03. The van der Waals surface area contributed by atoms with Crippen LogP contribution < -0.4 is 5.73 Å². The molecular formula is C16H24N4. The molecule has 2 aromatic rings. The van der Waals surface area contributed by atoms with Crippen molar-refractivity contribution in [3.05, 3.63) is 30.0 Å². The lowest BCUT2D eigenvalue weighted by molar-refractivity contribution is 0.0305. The van der Waals surface area contributed by atoms with Crippen molar-refractivity contribution in [1.29, 1.82) is 0 Å². The van der Waals surface area contributed by atoms with Gasteiger partial charge in [0.15, 0.2) is 0 Å². The highest BCUT2D eigenvalue weighted by Crippen LogP contribution is 2.29. The molecule has 1 fully saturated rings. The maximum atomic E-state index is 6.37. The van der Waals surface area contributed by atoms with Crippen molar-refractivity contribution < 1.29 is 0 Å². The fourth-order valence-corrected chi connectivity index (χ4v) is 3.03. The summed E-state index contributed by atoms with van der Waals surface area (Å²) >= 11 is 0. The average molecular weight is 272 g/mol. The van der Waals surface area contributed by atoms with Crippen LogP contribution in [0.5, 0.6) is 0 Å². The highest BCUT2D eigenvalue weighted by molar-refractivity contribution is 5.81. The molecule has 2 N–H and O–H groups in total. The Balaban J connectivity index is 1.80. The molecule has 4 heteroatoms. The van der Waals surface area contributed by atoms with E-state index in [4.69, 9.17) is 10.8 Å². The number of para-hydroxylation sites is 1. The molecule has 108 valence electrons. The lowest BCUT2D eigenvalue weighted by atomic mass is 9.80. The van der Waals surface area contributed by atoms with E-state index in [0.717, 1.165) is 26.2 Å². The molecule has 0 aliphatic carbocycles. The van der Waals surface area contributed by atoms with Crippen LogP contribution in [0.1, 0.15) is 26.5 Å². The lowest BCUT2D eigenvalue weighted by Crippen LogP contribution is -2.69. The first-order valence-corrected chi connectivity index (χ1v) is 7.49. The fraction of sp³-hybridized carbons (Fsp3) is 0.562. The van der Waals surface area contributed by atoms with Crippen molar-refractivity contribution in [1.82, 2.24) is 14.7 Å². The largest absolute Gasteiger partial charge is 0.323 e. The maximum absolute atomic E-state index is 6.37. The van der Waals surface area contributed by atoms with Gasteiger partial charge in [0.05, 0.1) is 11.2 Å². The van der Waals surface area contributed by atoms with Crippen LogP contribution in [0.2, 0.25) is 0 Å². The summed E-state index contributed by atoms with van der Waals surface area (Å²) in [5.41, 5.74) is 8.76. The van der Waals surface area contributed by atoms with Gasteiger partial charge in [0.1, 0.15) is 0 Å². The van der Waals surface area contributed by atoms with Gasteiger partial charge in [-0.25, -0.2) is 0 Å². The molecule has 0 unspecified atom stereocenters. The molecule has 1 aliphatic rings. The minimum absolute atomic E-state index is 0.0108. The van der Waals surface area contributed by atoms with Crippen LogP contribution in [0.4, 0.5) is 0 Å². The molecule has 1 aromatic carbocycles. The van der Waals surface area contributed by atoms with Crippen LogP contribution in [-0.4, -0.2) is 33.3 Å². The third-order valence-electron chi connectivity index (χ3n) is 4.59. The van der Waals surface area contributed by atoms with E-state index in [1.54, 1.807) is 0 Å². The zero-order valence-electron chi connectivity index (χ0n) is 12.6. The summed E-state index contributed by atoms with van der Waals surface area (Å²) in [5, 5.41) is 6.03. The number of rotatable bonds is 4. The molecular weight excluding hydrogens is 248 g/mol. The van der Waals surface area contributed by atoms with Crippen molar-refractivity contribution in [3.63, 3.8) is 0 Å². The molecule has 1 aromatic heterocycles. The maximum Gasteiger partial charge on any atom is 0.0843 e. The summed E-state index contributed by atoms with van der Waals surface area (Å²) < 4.78 is 2.09. The van der Waals surface area contributed by atoms with Gasteiger partial charge in [-0.05, 0) is 18.9 Å². The van der Waals surface area contributed by atoms with Gasteiger partial charge in [0.25, 0.3) is 0 Å². The van der Waals surface area contributed by atoms with E-state index in [1.165, 1.54) is 16.6 Å². The summed E-state index contributed by atoms with van der Waals surface area (Å²) in [7, 11) is 0. The van der Waals surface area contributed by atoms with E-state index < -0.39 is 0 Å². The van der Waals surface area contributed by atoms with Crippen molar-refractivity contribution in [2.24, 2.45) is 11.7 Å². The van der Waals surface area contributed by atoms with E-state index in [9.17, 15) is 0 Å². The van der Waals surface area contributed by atoms with Crippen LogP contribution in [-0.2, 0) is 13.1 Å². The van der Waals surface area contributed by atoms with Crippen LogP contribution in [0, 0.1) is 5.92 Å². The number of nitrogens with zero attached hydrogens (tertiary/aromatic N) is 3. The second-order valence-corrected chi connectivity index (χ2v) is 6.31. The van der Waals surface area contributed by atoms with Gasteiger partial charge in [0.2, 0.25) is 0 Å². The summed E-state index contributed by atoms with van der Waals surface area (Å²) in [6.45, 7) is 10.3. The van der Waals surface area contributed by atoms with Gasteiger partial charge < -0.3 is 5.73 Å². The van der Waals surface area contributed by atoms with Gasteiger partial charge in [-0.3, -0.25) is 9.58 Å². The van der Waals surface area contributed by atoms with Crippen molar-refractivity contribution >= 4 is 10.9 Å². The Kier molecular flexibility index (Phi) is 3.30. The van der Waals surface area contributed by atoms with Crippen LogP contribution in [0.25, 0.3) is 10.9 Å². The molecule has 0 amide bonds. The van der Waals surface area contributed by atoms with Crippen molar-refractivity contribution in [2.45, 2.75) is 39.4 Å². The van der Waals surface area contributed by atoms with Gasteiger partial charge in [0, 0.05) is 37.1 Å². The molecule has 4 nitrogen and oxygen atoms in total. The van der Waals surface area contributed by atoms with E-state index in [1.807, 2.05) is 0 Å². The Morgan fingerprint density at radius 3 is 2.65 bits per heavy atom. The first-order chi connectivity index (χ1) is 9.53. The number of aromatic nitrogens is 2. The third kappa shape index (κ3) is 2.13. The predicted octanol–water partition coefficient (Wildman–Crippen LogP) is 2.23. The Hall–Kier alpha value is -1.39. The normalized spacial score (nSPS) is 18.6. The van der Waals surface area contributed by atoms with Gasteiger partial charge in [-0.15, -0.1) is 0 Å². The molecule has 0 atom stereocenters. The first-order valence-electron chi connectivity index (χ1n) is 7.49. The Morgan fingerprint density at radius 1 is 1.30 bits per heavy atom. The topological polar surface area (TPSA) is 47.1 Å². The minimum Gasteiger partial charge on any atom is -0.323 e. The zero-order valence-corrected chi connectivity index (χ0v) is 12.6. The highest BCUT2D eigenvalue weighted by atomic mass is 15.3. The van der Waals surface area contributed by atoms with Crippen molar-refractivity contribution in [2.75, 3.05) is 13.1 Å². The SMILES string of the molecule is CCn1nc(CN2CC(N)(C(C)C)C2)c2ccccc21. The molecule has 2 heterocycles. The van der Waals surface area contributed by atoms with Gasteiger partial charge >= 0.3 is 0 Å². The quantitative estimate of drug-likeness (QED) is 0.928. The molecule has 3 rings (SSSR count). The first kappa shape index (κ1) is 13.6. The molecule has 0 spiro atoms. The number of nitrogens with two attached hydrogens (primary N) is 1. The van der Waals surface area contributed by atoms with Crippen LogP contribution in [0.3, 0.4) is 0 Å². The predicted molar refractivity (Wildman–Crippen MR) is 82.4 cm³/mol. The van der Waals surface area contributed by atoms with E-state index in [-0.39, 0.29) is 5.54 Å². The minimum atomic E-state index is -0.0108. The average Bonchev–Trinajstić information content (AvgIpc) is 2.75. The number of hydrogen-bond acceptors (Lipinski definition) is 3. The van der Waals surface area contributed by atoms with E-state index in [2.05, 4.69) is 54.6 Å². The van der Waals surface area contributed by atoms with Crippen molar-refractivity contribution in [3.8, 4) is 0 Å². The third-order valence-corrected chi connectivity index (χ3v) is 4.59. The summed E-state index contributed by atoms with van der Waals surface area (Å²) in [6, 6.07) is 8.48. The summed E-state index contributed by atoms with van der Waals surface area (Å²) in [5.74, 6) is 0.531. The number of hydrogen-bond donors (Lipinski definition) is 1. The number of fused-ring (bicyclic) bond motifs is 1. The number of likely N-dealkylation sites (tertiary alicyclic amines) is 1. The molecule has 0 saturated carbocycles. The number of benzene rings is 1. The van der Waals surface area contributed by atoms with Crippen LogP contribution in [0.15, 0.2) is 24.3 Å². The smallest absolute Gasteiger partial charge is 0.0843 e. The second kappa shape index (κ2) is 4.86. The molecule has 20 heavy (non-hydrogen) atoms. The summed E-state index contributed by atoms with van der Waals surface area (Å²) in [6.07, 6.45) is 0. The highest BCUT2D eigenvalue weighted by Gasteiger charge is 2.41. The molecule has 1 saturated heterocycles. The number of aryl methyl sites for hydroxylation is 1.